The van der Waals surface area contributed by atoms with Crippen LogP contribution in [0.2, 0.25) is 0 Å². The normalized spacial score (nSPS) is 19.1. The van der Waals surface area contributed by atoms with E-state index in [1.54, 1.807) is 6.33 Å². The zero-order chi connectivity index (χ0) is 17.2. The summed E-state index contributed by atoms with van der Waals surface area (Å²) in [6, 6.07) is 3.20. The van der Waals surface area contributed by atoms with Gasteiger partial charge in [0.25, 0.3) is 0 Å². The van der Waals surface area contributed by atoms with Gasteiger partial charge in [-0.1, -0.05) is 0 Å². The first-order valence-corrected chi connectivity index (χ1v) is 9.19. The Morgan fingerprint density at radius 3 is 2.64 bits per heavy atom. The Kier molecular flexibility index (Phi) is 4.57. The third-order valence-electron chi connectivity index (χ3n) is 5.10. The van der Waals surface area contributed by atoms with Crippen molar-refractivity contribution < 1.29 is 0 Å². The molecule has 0 amide bonds. The molecule has 1 aliphatic carbocycles. The molecule has 0 radical (unpaired) electrons. The van der Waals surface area contributed by atoms with Crippen molar-refractivity contribution in [1.82, 2.24) is 24.4 Å². The molecule has 2 fully saturated rings. The van der Waals surface area contributed by atoms with Crippen LogP contribution in [0.25, 0.3) is 0 Å². The van der Waals surface area contributed by atoms with Gasteiger partial charge >= 0.3 is 0 Å². The summed E-state index contributed by atoms with van der Waals surface area (Å²) in [5.41, 5.74) is 0. The molecule has 2 aromatic heterocycles. The maximum Gasteiger partial charge on any atom is 0.133 e. The molecule has 3 heterocycles. The summed E-state index contributed by atoms with van der Waals surface area (Å²) in [4.78, 5) is 17.7. The maximum absolute atomic E-state index is 4.57. The topological polar surface area (TPSA) is 62.1 Å². The molecule has 1 saturated carbocycles. The van der Waals surface area contributed by atoms with Crippen LogP contribution in [0.1, 0.15) is 37.5 Å². The number of nitrogens with zero attached hydrogens (tertiary/aromatic N) is 6. The Hall–Kier alpha value is -2.15. The zero-order valence-corrected chi connectivity index (χ0v) is 15.1. The van der Waals surface area contributed by atoms with E-state index >= 15 is 0 Å². The van der Waals surface area contributed by atoms with Gasteiger partial charge in [0.05, 0.1) is 6.54 Å². The number of imidazole rings is 1. The fraction of sp³-hybridized carbons (Fsp3) is 0.611. The van der Waals surface area contributed by atoms with Gasteiger partial charge in [-0.2, -0.15) is 0 Å². The fourth-order valence-electron chi connectivity index (χ4n) is 3.47. The van der Waals surface area contributed by atoms with E-state index in [4.69, 9.17) is 0 Å². The number of rotatable bonds is 6. The number of hydrogen-bond donors (Lipinski definition) is 1. The molecular weight excluding hydrogens is 314 g/mol. The number of piperidine rings is 1. The molecule has 25 heavy (non-hydrogen) atoms. The van der Waals surface area contributed by atoms with Crippen molar-refractivity contribution in [1.29, 1.82) is 0 Å². The minimum Gasteiger partial charge on any atom is -0.367 e. The van der Waals surface area contributed by atoms with E-state index in [0.29, 0.717) is 12.1 Å². The van der Waals surface area contributed by atoms with Crippen molar-refractivity contribution in [3.8, 4) is 0 Å². The van der Waals surface area contributed by atoms with Gasteiger partial charge < -0.3 is 14.8 Å². The smallest absolute Gasteiger partial charge is 0.133 e. The van der Waals surface area contributed by atoms with Crippen LogP contribution in [0, 0.1) is 0 Å². The van der Waals surface area contributed by atoms with Crippen molar-refractivity contribution in [2.75, 3.05) is 37.4 Å². The fourth-order valence-corrected chi connectivity index (χ4v) is 3.47. The second-order valence-electron chi connectivity index (χ2n) is 7.33. The highest BCUT2D eigenvalue weighted by Crippen LogP contribution is 2.35. The molecule has 7 nitrogen and oxygen atoms in total. The maximum atomic E-state index is 4.57. The lowest BCUT2D eigenvalue weighted by Gasteiger charge is -2.32. The van der Waals surface area contributed by atoms with E-state index in [0.717, 1.165) is 44.1 Å². The summed E-state index contributed by atoms with van der Waals surface area (Å²) < 4.78 is 2.37. The first-order chi connectivity index (χ1) is 12.2. The molecular formula is C18H27N7. The Morgan fingerprint density at radius 2 is 1.92 bits per heavy atom. The van der Waals surface area contributed by atoms with Crippen molar-refractivity contribution >= 4 is 11.6 Å². The predicted molar refractivity (Wildman–Crippen MR) is 98.8 cm³/mol. The largest absolute Gasteiger partial charge is 0.367 e. The molecule has 0 unspecified atom stereocenters. The minimum absolute atomic E-state index is 0.476. The molecule has 1 aliphatic heterocycles. The lowest BCUT2D eigenvalue weighted by molar-refractivity contribution is 0.204. The van der Waals surface area contributed by atoms with Gasteiger partial charge in [-0.3, -0.25) is 4.90 Å². The van der Waals surface area contributed by atoms with Crippen LogP contribution in [-0.2, 0) is 6.54 Å². The monoisotopic (exact) mass is 341 g/mol. The molecule has 0 aromatic carbocycles. The Morgan fingerprint density at radius 1 is 1.12 bits per heavy atom. The van der Waals surface area contributed by atoms with Gasteiger partial charge in [-0.05, 0) is 25.7 Å². The highest BCUT2D eigenvalue weighted by Gasteiger charge is 2.27. The summed E-state index contributed by atoms with van der Waals surface area (Å²) in [6.45, 7) is 3.16. The number of aromatic nitrogens is 4. The molecule has 1 saturated heterocycles. The molecule has 2 aliphatic rings. The Balaban J connectivity index is 1.29. The summed E-state index contributed by atoms with van der Waals surface area (Å²) >= 11 is 0. The first-order valence-electron chi connectivity index (χ1n) is 9.19. The van der Waals surface area contributed by atoms with E-state index in [9.17, 15) is 0 Å². The second-order valence-corrected chi connectivity index (χ2v) is 7.33. The third-order valence-corrected chi connectivity index (χ3v) is 5.10. The zero-order valence-electron chi connectivity index (χ0n) is 15.1. The standard InChI is InChI=1S/C18H27N7/c1-23(2)17-11-16(20-13-21-17)22-14-5-8-24(9-6-14)12-18-19-7-10-25(18)15-3-4-15/h7,10-11,13-15H,3-6,8-9,12H2,1-2H3,(H,20,21,22). The molecule has 0 spiro atoms. The predicted octanol–water partition coefficient (Wildman–Crippen LogP) is 2.15. The van der Waals surface area contributed by atoms with Gasteiger partial charge in [-0.25, -0.2) is 15.0 Å². The van der Waals surface area contributed by atoms with E-state index in [-0.39, 0.29) is 0 Å². The summed E-state index contributed by atoms with van der Waals surface area (Å²) in [6.07, 6.45) is 10.6. The van der Waals surface area contributed by atoms with Crippen molar-refractivity contribution in [3.05, 3.63) is 30.6 Å². The van der Waals surface area contributed by atoms with Gasteiger partial charge in [0.2, 0.25) is 0 Å². The van der Waals surface area contributed by atoms with Crippen LogP contribution < -0.4 is 10.2 Å². The van der Waals surface area contributed by atoms with Gasteiger partial charge in [0.15, 0.2) is 0 Å². The van der Waals surface area contributed by atoms with Gasteiger partial charge in [0.1, 0.15) is 23.8 Å². The summed E-state index contributed by atoms with van der Waals surface area (Å²) in [7, 11) is 3.99. The summed E-state index contributed by atoms with van der Waals surface area (Å²) in [5.74, 6) is 3.07. The molecule has 2 aromatic rings. The lowest BCUT2D eigenvalue weighted by atomic mass is 10.1. The lowest BCUT2D eigenvalue weighted by Crippen LogP contribution is -2.39. The number of nitrogens with one attached hydrogen (secondary N) is 1. The summed E-state index contributed by atoms with van der Waals surface area (Å²) in [5, 5.41) is 3.57. The van der Waals surface area contributed by atoms with Crippen molar-refractivity contribution in [2.45, 2.75) is 44.3 Å². The highest BCUT2D eigenvalue weighted by molar-refractivity contribution is 5.47. The minimum atomic E-state index is 0.476. The first kappa shape index (κ1) is 16.3. The Bertz CT molecular complexity index is 699. The molecule has 134 valence electrons. The molecule has 7 heteroatoms. The number of anilines is 2. The highest BCUT2D eigenvalue weighted by atomic mass is 15.2. The average Bonchev–Trinajstić information content (AvgIpc) is 3.36. The van der Waals surface area contributed by atoms with Crippen LogP contribution in [0.15, 0.2) is 24.8 Å². The SMILES string of the molecule is CN(C)c1cc(NC2CCN(Cc3nccn3C3CC3)CC2)ncn1. The number of likely N-dealkylation sites (tertiary alicyclic amines) is 1. The Labute approximate surface area is 149 Å². The average molecular weight is 341 g/mol. The van der Waals surface area contributed by atoms with Crippen LogP contribution >= 0.6 is 0 Å². The van der Waals surface area contributed by atoms with Crippen LogP contribution in [0.4, 0.5) is 11.6 Å². The van der Waals surface area contributed by atoms with Gasteiger partial charge in [0, 0.05) is 57.7 Å². The third kappa shape index (κ3) is 3.92. The number of hydrogen-bond acceptors (Lipinski definition) is 6. The van der Waals surface area contributed by atoms with Crippen LogP contribution in [0.3, 0.4) is 0 Å². The quantitative estimate of drug-likeness (QED) is 0.869. The van der Waals surface area contributed by atoms with Crippen molar-refractivity contribution in [3.63, 3.8) is 0 Å². The second kappa shape index (κ2) is 7.00. The van der Waals surface area contributed by atoms with Crippen LogP contribution in [0.5, 0.6) is 0 Å². The molecule has 0 bridgehead atoms. The van der Waals surface area contributed by atoms with E-state index in [1.807, 2.05) is 31.3 Å². The van der Waals surface area contributed by atoms with E-state index in [1.165, 1.54) is 18.7 Å². The van der Waals surface area contributed by atoms with Crippen LogP contribution in [-0.4, -0.2) is 57.6 Å². The van der Waals surface area contributed by atoms with Gasteiger partial charge in [-0.15, -0.1) is 0 Å². The van der Waals surface area contributed by atoms with Crippen molar-refractivity contribution in [2.24, 2.45) is 0 Å². The van der Waals surface area contributed by atoms with E-state index < -0.39 is 0 Å². The molecule has 1 N–H and O–H groups in total. The molecule has 4 rings (SSSR count). The molecule has 0 atom stereocenters. The van der Waals surface area contributed by atoms with E-state index in [2.05, 4.69) is 35.9 Å².